The number of hydrogen-bond acceptors (Lipinski definition) is 4. The summed E-state index contributed by atoms with van der Waals surface area (Å²) in [6.45, 7) is 3.13. The molecule has 1 saturated heterocycles. The number of amides is 1. The van der Waals surface area contributed by atoms with Crippen LogP contribution in [0.5, 0.6) is 0 Å². The Kier molecular flexibility index (Phi) is 3.77. The number of likely N-dealkylation sites (tertiary alicyclic amines) is 1. The molecule has 3 aromatic rings. The lowest BCUT2D eigenvalue weighted by Gasteiger charge is -2.17. The number of benzene rings is 1. The second kappa shape index (κ2) is 5.97. The van der Waals surface area contributed by atoms with E-state index in [1.54, 1.807) is 11.1 Å². The molecule has 1 aromatic carbocycles. The fourth-order valence-electron chi connectivity index (χ4n) is 3.68. The van der Waals surface area contributed by atoms with Crippen LogP contribution < -0.4 is 5.73 Å². The first kappa shape index (κ1) is 15.8. The lowest BCUT2D eigenvalue weighted by molar-refractivity contribution is 0.0783. The molecule has 4 rings (SSSR count). The zero-order valence-electron chi connectivity index (χ0n) is 14.4. The van der Waals surface area contributed by atoms with Gasteiger partial charge < -0.3 is 10.6 Å². The van der Waals surface area contributed by atoms with Crippen LogP contribution in [-0.4, -0.2) is 44.7 Å². The molecule has 0 unspecified atom stereocenters. The number of hydrogen-bond donors (Lipinski definition) is 1. The number of nitrogens with two attached hydrogens (primary N) is 1. The van der Waals surface area contributed by atoms with Crippen LogP contribution in [0.25, 0.3) is 10.9 Å². The van der Waals surface area contributed by atoms with Gasteiger partial charge in [0.05, 0.1) is 5.52 Å². The fourth-order valence-corrected chi connectivity index (χ4v) is 3.68. The van der Waals surface area contributed by atoms with Gasteiger partial charge in [-0.1, -0.05) is 18.2 Å². The van der Waals surface area contributed by atoms with Crippen LogP contribution in [0.1, 0.15) is 27.7 Å². The van der Waals surface area contributed by atoms with E-state index in [0.717, 1.165) is 22.2 Å². The molecule has 1 aliphatic rings. The second-order valence-corrected chi connectivity index (χ2v) is 6.70. The number of aromatic nitrogens is 3. The largest absolute Gasteiger partial charge is 0.335 e. The molecule has 0 bridgehead atoms. The number of aryl methyl sites for hydroxylation is 2. The van der Waals surface area contributed by atoms with Crippen molar-refractivity contribution in [3.05, 3.63) is 59.5 Å². The number of nitrogens with zero attached hydrogens (tertiary/aromatic N) is 4. The Balaban J connectivity index is 1.63. The van der Waals surface area contributed by atoms with Crippen molar-refractivity contribution in [3.8, 4) is 0 Å². The molecule has 0 saturated carbocycles. The summed E-state index contributed by atoms with van der Waals surface area (Å²) >= 11 is 0. The molecular formula is C19H21N5O. The molecule has 1 aliphatic heterocycles. The average Bonchev–Trinajstić information content (AvgIpc) is 3.19. The first-order chi connectivity index (χ1) is 12.0. The Morgan fingerprint density at radius 1 is 1.24 bits per heavy atom. The van der Waals surface area contributed by atoms with E-state index >= 15 is 0 Å². The molecule has 128 valence electrons. The van der Waals surface area contributed by atoms with Crippen molar-refractivity contribution in [1.82, 2.24) is 19.7 Å². The summed E-state index contributed by atoms with van der Waals surface area (Å²) < 4.78 is 1.83. The molecular weight excluding hydrogens is 314 g/mol. The zero-order valence-corrected chi connectivity index (χ0v) is 14.4. The predicted molar refractivity (Wildman–Crippen MR) is 96.3 cm³/mol. The van der Waals surface area contributed by atoms with Gasteiger partial charge in [0.25, 0.3) is 5.91 Å². The van der Waals surface area contributed by atoms with Gasteiger partial charge in [-0.15, -0.1) is 0 Å². The molecule has 2 atom stereocenters. The minimum absolute atomic E-state index is 0.0611. The van der Waals surface area contributed by atoms with Gasteiger partial charge in [0.15, 0.2) is 0 Å². The summed E-state index contributed by atoms with van der Waals surface area (Å²) in [6.07, 6.45) is 1.76. The quantitative estimate of drug-likeness (QED) is 0.775. The minimum atomic E-state index is -0.0964. The molecule has 6 heteroatoms. The lowest BCUT2D eigenvalue weighted by atomic mass is 10.0. The first-order valence-corrected chi connectivity index (χ1v) is 8.43. The molecule has 0 spiro atoms. The molecule has 2 aromatic heterocycles. The van der Waals surface area contributed by atoms with Gasteiger partial charge in [0.1, 0.15) is 5.69 Å². The highest BCUT2D eigenvalue weighted by atomic mass is 16.2. The SMILES string of the molecule is Cc1cc(C(=O)N2C[C@@H](N)[C@H](c3ccnn3C)C2)nc2ccccc12. The van der Waals surface area contributed by atoms with E-state index in [9.17, 15) is 4.79 Å². The van der Waals surface area contributed by atoms with Gasteiger partial charge in [0.2, 0.25) is 0 Å². The standard InChI is InChI=1S/C19H21N5O/c1-12-9-17(22-16-6-4-3-5-13(12)16)19(25)24-10-14(15(20)11-24)18-7-8-21-23(18)2/h3-9,14-15H,10-11,20H2,1-2H3/t14-,15-/m1/s1. The number of fused-ring (bicyclic) bond motifs is 1. The van der Waals surface area contributed by atoms with Crippen LogP contribution >= 0.6 is 0 Å². The molecule has 0 aliphatic carbocycles. The lowest BCUT2D eigenvalue weighted by Crippen LogP contribution is -2.32. The summed E-state index contributed by atoms with van der Waals surface area (Å²) in [5.74, 6) is 0.0342. The predicted octanol–water partition coefficient (Wildman–Crippen LogP) is 1.84. The maximum atomic E-state index is 13.0. The average molecular weight is 335 g/mol. The minimum Gasteiger partial charge on any atom is -0.335 e. The van der Waals surface area contributed by atoms with E-state index in [4.69, 9.17) is 5.73 Å². The summed E-state index contributed by atoms with van der Waals surface area (Å²) in [5, 5.41) is 5.29. The van der Waals surface area contributed by atoms with Crippen LogP contribution in [0.4, 0.5) is 0 Å². The number of pyridine rings is 1. The van der Waals surface area contributed by atoms with E-state index in [1.165, 1.54) is 0 Å². The monoisotopic (exact) mass is 335 g/mol. The summed E-state index contributed by atoms with van der Waals surface area (Å²) in [4.78, 5) is 19.3. The van der Waals surface area contributed by atoms with Crippen molar-refractivity contribution < 1.29 is 4.79 Å². The zero-order chi connectivity index (χ0) is 17.6. The Morgan fingerprint density at radius 3 is 2.80 bits per heavy atom. The molecule has 25 heavy (non-hydrogen) atoms. The second-order valence-electron chi connectivity index (χ2n) is 6.70. The highest BCUT2D eigenvalue weighted by Crippen LogP contribution is 2.27. The van der Waals surface area contributed by atoms with E-state index in [-0.39, 0.29) is 17.9 Å². The summed E-state index contributed by atoms with van der Waals surface area (Å²) in [5.41, 5.74) is 9.75. The van der Waals surface area contributed by atoms with Crippen LogP contribution in [0.15, 0.2) is 42.6 Å². The number of carbonyl (C=O) groups excluding carboxylic acids is 1. The van der Waals surface area contributed by atoms with E-state index in [1.807, 2.05) is 55.1 Å². The van der Waals surface area contributed by atoms with Gasteiger partial charge in [-0.2, -0.15) is 5.10 Å². The Bertz CT molecular complexity index is 948. The van der Waals surface area contributed by atoms with Crippen molar-refractivity contribution >= 4 is 16.8 Å². The van der Waals surface area contributed by atoms with Gasteiger partial charge in [0, 0.05) is 49.4 Å². The number of carbonyl (C=O) groups is 1. The van der Waals surface area contributed by atoms with Gasteiger partial charge in [-0.05, 0) is 30.7 Å². The smallest absolute Gasteiger partial charge is 0.272 e. The molecule has 6 nitrogen and oxygen atoms in total. The highest BCUT2D eigenvalue weighted by molar-refractivity contribution is 5.96. The molecule has 0 radical (unpaired) electrons. The normalized spacial score (nSPS) is 20.4. The Labute approximate surface area is 146 Å². The van der Waals surface area contributed by atoms with Crippen molar-refractivity contribution in [3.63, 3.8) is 0 Å². The van der Waals surface area contributed by atoms with Gasteiger partial charge in [-0.25, -0.2) is 4.98 Å². The third kappa shape index (κ3) is 2.68. The first-order valence-electron chi connectivity index (χ1n) is 8.43. The molecule has 3 heterocycles. The van der Waals surface area contributed by atoms with Crippen LogP contribution in [-0.2, 0) is 7.05 Å². The highest BCUT2D eigenvalue weighted by Gasteiger charge is 2.36. The maximum absolute atomic E-state index is 13.0. The van der Waals surface area contributed by atoms with Crippen molar-refractivity contribution in [2.75, 3.05) is 13.1 Å². The molecule has 1 amide bonds. The van der Waals surface area contributed by atoms with Crippen molar-refractivity contribution in [2.24, 2.45) is 12.8 Å². The summed E-state index contributed by atoms with van der Waals surface area (Å²) in [6, 6.07) is 11.6. The number of para-hydroxylation sites is 1. The van der Waals surface area contributed by atoms with E-state index < -0.39 is 0 Å². The van der Waals surface area contributed by atoms with Crippen LogP contribution in [0.2, 0.25) is 0 Å². The Hall–Kier alpha value is -2.73. The third-order valence-electron chi connectivity index (χ3n) is 5.03. The third-order valence-corrected chi connectivity index (χ3v) is 5.03. The molecule has 2 N–H and O–H groups in total. The fraction of sp³-hybridized carbons (Fsp3) is 0.316. The van der Waals surface area contributed by atoms with Crippen LogP contribution in [0, 0.1) is 6.92 Å². The van der Waals surface area contributed by atoms with Crippen LogP contribution in [0.3, 0.4) is 0 Å². The van der Waals surface area contributed by atoms with E-state index in [2.05, 4.69) is 10.1 Å². The maximum Gasteiger partial charge on any atom is 0.272 e. The molecule has 1 fully saturated rings. The summed E-state index contributed by atoms with van der Waals surface area (Å²) in [7, 11) is 1.90. The Morgan fingerprint density at radius 2 is 2.04 bits per heavy atom. The number of rotatable bonds is 2. The van der Waals surface area contributed by atoms with Gasteiger partial charge in [-0.3, -0.25) is 9.48 Å². The van der Waals surface area contributed by atoms with Crippen molar-refractivity contribution in [2.45, 2.75) is 18.9 Å². The van der Waals surface area contributed by atoms with E-state index in [0.29, 0.717) is 18.8 Å². The van der Waals surface area contributed by atoms with Crippen molar-refractivity contribution in [1.29, 1.82) is 0 Å². The van der Waals surface area contributed by atoms with Gasteiger partial charge >= 0.3 is 0 Å². The topological polar surface area (TPSA) is 77.0 Å².